The van der Waals surface area contributed by atoms with Gasteiger partial charge in [-0.2, -0.15) is 4.98 Å². The molecule has 0 saturated carbocycles. The van der Waals surface area contributed by atoms with E-state index in [0.717, 1.165) is 11.3 Å². The number of halogens is 1. The summed E-state index contributed by atoms with van der Waals surface area (Å²) < 4.78 is 10.2. The van der Waals surface area contributed by atoms with Gasteiger partial charge >= 0.3 is 5.97 Å². The third-order valence-electron chi connectivity index (χ3n) is 3.99. The molecule has 0 saturated heterocycles. The summed E-state index contributed by atoms with van der Waals surface area (Å²) >= 11 is 5.85. The predicted molar refractivity (Wildman–Crippen MR) is 104 cm³/mol. The van der Waals surface area contributed by atoms with Crippen LogP contribution < -0.4 is 4.90 Å². The van der Waals surface area contributed by atoms with Crippen molar-refractivity contribution in [2.45, 2.75) is 12.8 Å². The van der Waals surface area contributed by atoms with Crippen LogP contribution in [0.25, 0.3) is 11.4 Å². The highest BCUT2D eigenvalue weighted by atomic mass is 35.5. The fourth-order valence-electron chi connectivity index (χ4n) is 2.39. The van der Waals surface area contributed by atoms with E-state index in [1.165, 1.54) is 4.90 Å². The van der Waals surface area contributed by atoms with Gasteiger partial charge in [0.25, 0.3) is 5.91 Å². The van der Waals surface area contributed by atoms with Gasteiger partial charge in [0.2, 0.25) is 11.7 Å². The molecule has 0 aliphatic carbocycles. The second kappa shape index (κ2) is 9.14. The summed E-state index contributed by atoms with van der Waals surface area (Å²) in [6, 6.07) is 16.1. The van der Waals surface area contributed by atoms with E-state index in [0.29, 0.717) is 16.7 Å². The molecule has 0 aliphatic rings. The normalized spacial score (nSPS) is 10.5. The number of carbonyl (C=O) groups is 2. The predicted octanol–water partition coefficient (Wildman–Crippen LogP) is 3.53. The molecular weight excluding hydrogens is 382 g/mol. The largest absolute Gasteiger partial charge is 0.456 e. The van der Waals surface area contributed by atoms with Crippen LogP contribution in [-0.4, -0.2) is 35.7 Å². The van der Waals surface area contributed by atoms with Crippen molar-refractivity contribution >= 4 is 29.2 Å². The first-order valence-electron chi connectivity index (χ1n) is 8.58. The summed E-state index contributed by atoms with van der Waals surface area (Å²) in [7, 11) is 1.63. The van der Waals surface area contributed by atoms with Crippen LogP contribution in [-0.2, 0) is 20.7 Å². The number of hydrogen-bond donors (Lipinski definition) is 0. The van der Waals surface area contributed by atoms with Crippen LogP contribution in [0.3, 0.4) is 0 Å². The number of anilines is 1. The van der Waals surface area contributed by atoms with Crippen molar-refractivity contribution in [2.24, 2.45) is 0 Å². The fourth-order valence-corrected chi connectivity index (χ4v) is 2.51. The molecule has 1 heterocycles. The second-order valence-corrected chi connectivity index (χ2v) is 6.40. The Balaban J connectivity index is 1.46. The molecule has 3 aromatic rings. The van der Waals surface area contributed by atoms with Gasteiger partial charge in [-0.1, -0.05) is 35.0 Å². The molecule has 0 N–H and O–H groups in total. The number of nitrogens with zero attached hydrogens (tertiary/aromatic N) is 3. The maximum Gasteiger partial charge on any atom is 0.306 e. The zero-order valence-corrected chi connectivity index (χ0v) is 15.9. The summed E-state index contributed by atoms with van der Waals surface area (Å²) in [6.45, 7) is -0.329. The Morgan fingerprint density at radius 2 is 1.82 bits per heavy atom. The highest BCUT2D eigenvalue weighted by molar-refractivity contribution is 6.30. The number of aromatic nitrogens is 2. The minimum absolute atomic E-state index is 0.0323. The Hall–Kier alpha value is -3.19. The van der Waals surface area contributed by atoms with Gasteiger partial charge < -0.3 is 14.2 Å². The van der Waals surface area contributed by atoms with Crippen LogP contribution in [0, 0.1) is 0 Å². The standard InChI is InChI=1S/C20H18ClN3O4/c1-24(16-5-3-2-4-6-16)18(25)13-27-19(26)12-11-17-22-20(23-28-17)14-7-9-15(21)10-8-14/h2-10H,11-13H2,1H3. The molecule has 144 valence electrons. The number of esters is 1. The molecular formula is C20H18ClN3O4. The van der Waals surface area contributed by atoms with Crippen molar-refractivity contribution in [3.8, 4) is 11.4 Å². The van der Waals surface area contributed by atoms with Crippen LogP contribution in [0.2, 0.25) is 5.02 Å². The summed E-state index contributed by atoms with van der Waals surface area (Å²) in [6.07, 6.45) is 0.257. The highest BCUT2D eigenvalue weighted by Gasteiger charge is 2.15. The van der Waals surface area contributed by atoms with Crippen molar-refractivity contribution in [3.63, 3.8) is 0 Å². The van der Waals surface area contributed by atoms with E-state index in [-0.39, 0.29) is 25.4 Å². The first-order chi connectivity index (χ1) is 13.5. The van der Waals surface area contributed by atoms with E-state index in [1.54, 1.807) is 43.4 Å². The smallest absolute Gasteiger partial charge is 0.306 e. The number of para-hydroxylation sites is 1. The highest BCUT2D eigenvalue weighted by Crippen LogP contribution is 2.19. The SMILES string of the molecule is CN(C(=O)COC(=O)CCc1nc(-c2ccc(Cl)cc2)no1)c1ccccc1. The van der Waals surface area contributed by atoms with Crippen molar-refractivity contribution in [2.75, 3.05) is 18.6 Å². The van der Waals surface area contributed by atoms with Crippen LogP contribution in [0.1, 0.15) is 12.3 Å². The third-order valence-corrected chi connectivity index (χ3v) is 4.24. The fraction of sp³-hybridized carbons (Fsp3) is 0.200. The van der Waals surface area contributed by atoms with Crippen molar-refractivity contribution in [1.82, 2.24) is 10.1 Å². The minimum Gasteiger partial charge on any atom is -0.456 e. The molecule has 0 fully saturated rings. The van der Waals surface area contributed by atoms with Gasteiger partial charge in [-0.25, -0.2) is 0 Å². The van der Waals surface area contributed by atoms with E-state index in [1.807, 2.05) is 18.2 Å². The topological polar surface area (TPSA) is 85.5 Å². The van der Waals surface area contributed by atoms with E-state index in [4.69, 9.17) is 20.9 Å². The zero-order valence-electron chi connectivity index (χ0n) is 15.2. The number of carbonyl (C=O) groups excluding carboxylic acids is 2. The van der Waals surface area contributed by atoms with Crippen LogP contribution in [0.15, 0.2) is 59.1 Å². The van der Waals surface area contributed by atoms with E-state index in [2.05, 4.69) is 10.1 Å². The summed E-state index contributed by atoms with van der Waals surface area (Å²) in [4.78, 5) is 29.7. The summed E-state index contributed by atoms with van der Waals surface area (Å²) in [5.41, 5.74) is 1.49. The number of likely N-dealkylation sites (N-methyl/N-ethyl adjacent to an activating group) is 1. The summed E-state index contributed by atoms with van der Waals surface area (Å²) in [5, 5.41) is 4.50. The Bertz CT molecular complexity index is 942. The average molecular weight is 400 g/mol. The molecule has 0 aliphatic heterocycles. The lowest BCUT2D eigenvalue weighted by Gasteiger charge is -2.16. The molecule has 0 spiro atoms. The average Bonchev–Trinajstić information content (AvgIpc) is 3.20. The van der Waals surface area contributed by atoms with Gasteiger partial charge in [0.1, 0.15) is 0 Å². The van der Waals surface area contributed by atoms with Crippen LogP contribution in [0.4, 0.5) is 5.69 Å². The summed E-state index contributed by atoms with van der Waals surface area (Å²) in [5.74, 6) is -0.0993. The lowest BCUT2D eigenvalue weighted by Crippen LogP contribution is -2.31. The second-order valence-electron chi connectivity index (χ2n) is 5.97. The molecule has 0 atom stereocenters. The van der Waals surface area contributed by atoms with Crippen LogP contribution >= 0.6 is 11.6 Å². The minimum atomic E-state index is -0.513. The number of benzene rings is 2. The lowest BCUT2D eigenvalue weighted by molar-refractivity contribution is -0.147. The molecule has 28 heavy (non-hydrogen) atoms. The quantitative estimate of drug-likeness (QED) is 0.565. The van der Waals surface area contributed by atoms with Gasteiger partial charge in [0.05, 0.1) is 6.42 Å². The number of aryl methyl sites for hydroxylation is 1. The number of ether oxygens (including phenoxy) is 1. The molecule has 3 rings (SSSR count). The Morgan fingerprint density at radius 1 is 1.11 bits per heavy atom. The first-order valence-corrected chi connectivity index (χ1v) is 8.96. The van der Waals surface area contributed by atoms with Crippen molar-refractivity contribution < 1.29 is 18.8 Å². The van der Waals surface area contributed by atoms with Gasteiger partial charge in [-0.3, -0.25) is 9.59 Å². The monoisotopic (exact) mass is 399 g/mol. The Labute approximate surface area is 166 Å². The van der Waals surface area contributed by atoms with E-state index >= 15 is 0 Å². The van der Waals surface area contributed by atoms with E-state index < -0.39 is 5.97 Å². The maximum absolute atomic E-state index is 12.1. The van der Waals surface area contributed by atoms with Crippen LogP contribution in [0.5, 0.6) is 0 Å². The molecule has 0 radical (unpaired) electrons. The maximum atomic E-state index is 12.1. The van der Waals surface area contributed by atoms with Gasteiger partial charge in [0.15, 0.2) is 6.61 Å². The first kappa shape index (κ1) is 19.6. The Morgan fingerprint density at radius 3 is 2.54 bits per heavy atom. The molecule has 1 aromatic heterocycles. The van der Waals surface area contributed by atoms with Crippen molar-refractivity contribution in [1.29, 1.82) is 0 Å². The molecule has 0 bridgehead atoms. The lowest BCUT2D eigenvalue weighted by atomic mass is 10.2. The van der Waals surface area contributed by atoms with Gasteiger partial charge in [-0.15, -0.1) is 0 Å². The zero-order chi connectivity index (χ0) is 19.9. The molecule has 0 unspecified atom stereocenters. The van der Waals surface area contributed by atoms with Gasteiger partial charge in [-0.05, 0) is 36.4 Å². The Kier molecular flexibility index (Phi) is 6.39. The third kappa shape index (κ3) is 5.17. The molecule has 7 nitrogen and oxygen atoms in total. The molecule has 8 heteroatoms. The van der Waals surface area contributed by atoms with Gasteiger partial charge in [0, 0.05) is 29.7 Å². The van der Waals surface area contributed by atoms with Crippen molar-refractivity contribution in [3.05, 3.63) is 65.5 Å². The van der Waals surface area contributed by atoms with E-state index in [9.17, 15) is 9.59 Å². The number of amides is 1. The molecule has 1 amide bonds. The molecule has 2 aromatic carbocycles. The number of rotatable bonds is 7. The number of hydrogen-bond acceptors (Lipinski definition) is 6.